The van der Waals surface area contributed by atoms with Gasteiger partial charge in [-0.25, -0.2) is 9.97 Å². The van der Waals surface area contributed by atoms with Gasteiger partial charge in [0.2, 0.25) is 0 Å². The third-order valence-electron chi connectivity index (χ3n) is 3.13. The maximum Gasteiger partial charge on any atom is 0.192 e. The molecule has 2 aromatic heterocycles. The molecule has 2 heterocycles. The van der Waals surface area contributed by atoms with E-state index in [9.17, 15) is 0 Å². The van der Waals surface area contributed by atoms with Crippen molar-refractivity contribution in [3.05, 3.63) is 20.0 Å². The fraction of sp³-hybridized carbons (Fsp3) is 0.571. The van der Waals surface area contributed by atoms with Crippen molar-refractivity contribution < 1.29 is 0 Å². The largest absolute Gasteiger partial charge is 0.294 e. The van der Waals surface area contributed by atoms with Crippen LogP contribution in [0.25, 0.3) is 0 Å². The molecule has 0 saturated carbocycles. The molecule has 0 fully saturated rings. The molecule has 0 amide bonds. The monoisotopic (exact) mass is 451 g/mol. The summed E-state index contributed by atoms with van der Waals surface area (Å²) in [4.78, 5) is 11.2. The first-order valence-corrected chi connectivity index (χ1v) is 10.4. The van der Waals surface area contributed by atoms with Crippen molar-refractivity contribution in [1.82, 2.24) is 9.97 Å². The lowest BCUT2D eigenvalue weighted by atomic mass is 10.1. The summed E-state index contributed by atoms with van der Waals surface area (Å²) in [5.74, 6) is 0. The minimum atomic E-state index is 0.978. The molecule has 0 unspecified atom stereocenters. The van der Waals surface area contributed by atoms with Gasteiger partial charge in [0.1, 0.15) is 0 Å². The molecule has 116 valence electrons. The molecule has 21 heavy (non-hydrogen) atoms. The first-order valence-electron chi connectivity index (χ1n) is 7.21. The van der Waals surface area contributed by atoms with Crippen molar-refractivity contribution in [3.8, 4) is 0 Å². The summed E-state index contributed by atoms with van der Waals surface area (Å²) in [6.07, 6.45) is 11.5. The SMILES string of the molecule is CCCCCCCCN(c1ncc(Br)s1)c1ncc(Br)s1. The van der Waals surface area contributed by atoms with Crippen molar-refractivity contribution >= 4 is 64.8 Å². The molecular formula is C14H19Br2N3S2. The highest BCUT2D eigenvalue weighted by atomic mass is 79.9. The van der Waals surface area contributed by atoms with E-state index in [1.165, 1.54) is 38.5 Å². The van der Waals surface area contributed by atoms with Crippen molar-refractivity contribution in [3.63, 3.8) is 0 Å². The van der Waals surface area contributed by atoms with Gasteiger partial charge in [-0.05, 0) is 38.3 Å². The maximum atomic E-state index is 4.48. The first-order chi connectivity index (χ1) is 10.2. The Hall–Kier alpha value is 0.0200. The summed E-state index contributed by atoms with van der Waals surface area (Å²) >= 11 is 10.3. The minimum absolute atomic E-state index is 0.978. The van der Waals surface area contributed by atoms with Gasteiger partial charge in [-0.2, -0.15) is 0 Å². The summed E-state index contributed by atoms with van der Waals surface area (Å²) in [7, 11) is 0. The van der Waals surface area contributed by atoms with Crippen molar-refractivity contribution in [2.45, 2.75) is 45.4 Å². The third kappa shape index (κ3) is 5.62. The molecular weight excluding hydrogens is 434 g/mol. The van der Waals surface area contributed by atoms with Crippen LogP contribution < -0.4 is 4.90 Å². The Morgan fingerprint density at radius 1 is 0.905 bits per heavy atom. The van der Waals surface area contributed by atoms with Crippen LogP contribution in [0, 0.1) is 0 Å². The van der Waals surface area contributed by atoms with Gasteiger partial charge in [-0.1, -0.05) is 61.7 Å². The maximum absolute atomic E-state index is 4.48. The van der Waals surface area contributed by atoms with Gasteiger partial charge in [0, 0.05) is 6.54 Å². The Labute approximate surface area is 151 Å². The fourth-order valence-corrected chi connectivity index (χ4v) is 4.54. The second-order valence-corrected chi connectivity index (χ2v) is 9.59. The summed E-state index contributed by atoms with van der Waals surface area (Å²) in [6.45, 7) is 3.23. The Morgan fingerprint density at radius 2 is 1.43 bits per heavy atom. The molecule has 7 heteroatoms. The third-order valence-corrected chi connectivity index (χ3v) is 6.13. The van der Waals surface area contributed by atoms with E-state index in [1.54, 1.807) is 22.7 Å². The zero-order valence-electron chi connectivity index (χ0n) is 12.0. The topological polar surface area (TPSA) is 29.0 Å². The Kier molecular flexibility index (Phi) is 7.63. The van der Waals surface area contributed by atoms with Crippen LogP contribution in [-0.4, -0.2) is 16.5 Å². The van der Waals surface area contributed by atoms with Crippen molar-refractivity contribution in [1.29, 1.82) is 0 Å². The van der Waals surface area contributed by atoms with Gasteiger partial charge in [-0.15, -0.1) is 0 Å². The minimum Gasteiger partial charge on any atom is -0.294 e. The molecule has 3 nitrogen and oxygen atoms in total. The molecule has 2 aromatic rings. The van der Waals surface area contributed by atoms with Gasteiger partial charge in [0.25, 0.3) is 0 Å². The van der Waals surface area contributed by atoms with Gasteiger partial charge >= 0.3 is 0 Å². The Balaban J connectivity index is 1.93. The zero-order chi connectivity index (χ0) is 15.1. The van der Waals surface area contributed by atoms with Crippen LogP contribution in [0.1, 0.15) is 45.4 Å². The molecule has 0 aliphatic carbocycles. The highest BCUT2D eigenvalue weighted by molar-refractivity contribution is 9.11. The molecule has 0 bridgehead atoms. The number of hydrogen-bond donors (Lipinski definition) is 0. The van der Waals surface area contributed by atoms with Crippen LogP contribution in [0.4, 0.5) is 10.3 Å². The van der Waals surface area contributed by atoms with E-state index in [0.29, 0.717) is 0 Å². The second-order valence-electron chi connectivity index (χ2n) is 4.81. The van der Waals surface area contributed by atoms with Crippen LogP contribution in [0.15, 0.2) is 20.0 Å². The van der Waals surface area contributed by atoms with E-state index >= 15 is 0 Å². The fourth-order valence-electron chi connectivity index (χ4n) is 2.06. The summed E-state index contributed by atoms with van der Waals surface area (Å²) < 4.78 is 2.11. The average molecular weight is 453 g/mol. The van der Waals surface area contributed by atoms with Crippen LogP contribution >= 0.6 is 54.5 Å². The lowest BCUT2D eigenvalue weighted by Gasteiger charge is -2.18. The molecule has 0 N–H and O–H groups in total. The number of rotatable bonds is 9. The lowest BCUT2D eigenvalue weighted by Crippen LogP contribution is -2.17. The van der Waals surface area contributed by atoms with Gasteiger partial charge in [0.15, 0.2) is 10.3 Å². The second kappa shape index (κ2) is 9.22. The number of nitrogens with zero attached hydrogens (tertiary/aromatic N) is 3. The lowest BCUT2D eigenvalue weighted by molar-refractivity contribution is 0.609. The quantitative estimate of drug-likeness (QED) is 0.400. The molecule has 0 spiro atoms. The van der Waals surface area contributed by atoms with Crippen LogP contribution in [-0.2, 0) is 0 Å². The zero-order valence-corrected chi connectivity index (χ0v) is 16.8. The average Bonchev–Trinajstić information content (AvgIpc) is 3.07. The number of halogens is 2. The predicted octanol–water partition coefficient (Wildman–Crippen LogP) is 6.62. The van der Waals surface area contributed by atoms with Gasteiger partial charge < -0.3 is 0 Å². The number of hydrogen-bond acceptors (Lipinski definition) is 5. The first kappa shape index (κ1) is 17.4. The Bertz CT molecular complexity index is 502. The highest BCUT2D eigenvalue weighted by Gasteiger charge is 2.16. The van der Waals surface area contributed by atoms with Crippen LogP contribution in [0.3, 0.4) is 0 Å². The van der Waals surface area contributed by atoms with Gasteiger partial charge in [-0.3, -0.25) is 4.90 Å². The summed E-state index contributed by atoms with van der Waals surface area (Å²) in [6, 6.07) is 0. The van der Waals surface area contributed by atoms with Gasteiger partial charge in [0.05, 0.1) is 20.0 Å². The van der Waals surface area contributed by atoms with E-state index in [4.69, 9.17) is 0 Å². The summed E-state index contributed by atoms with van der Waals surface area (Å²) in [5.41, 5.74) is 0. The molecule has 2 rings (SSSR count). The molecule has 0 aromatic carbocycles. The smallest absolute Gasteiger partial charge is 0.192 e. The predicted molar refractivity (Wildman–Crippen MR) is 100 cm³/mol. The van der Waals surface area contributed by atoms with E-state index in [-0.39, 0.29) is 0 Å². The molecule has 0 atom stereocenters. The molecule has 0 aliphatic heterocycles. The van der Waals surface area contributed by atoms with Crippen molar-refractivity contribution in [2.75, 3.05) is 11.4 Å². The Morgan fingerprint density at radius 3 is 1.90 bits per heavy atom. The number of anilines is 2. The van der Waals surface area contributed by atoms with E-state index in [2.05, 4.69) is 53.7 Å². The molecule has 0 saturated heterocycles. The van der Waals surface area contributed by atoms with Crippen molar-refractivity contribution in [2.24, 2.45) is 0 Å². The normalized spacial score (nSPS) is 11.0. The summed E-state index contributed by atoms with van der Waals surface area (Å²) in [5, 5.41) is 2.02. The number of aromatic nitrogens is 2. The van der Waals surface area contributed by atoms with E-state index < -0.39 is 0 Å². The number of unbranched alkanes of at least 4 members (excludes halogenated alkanes) is 5. The standard InChI is InChI=1S/C14H19Br2N3S2/c1-2-3-4-5-6-7-8-19(13-17-9-11(15)20-13)14-18-10-12(16)21-14/h9-10H,2-8H2,1H3. The molecule has 0 aliphatic rings. The number of thiazole rings is 2. The molecule has 0 radical (unpaired) electrons. The van der Waals surface area contributed by atoms with Crippen LogP contribution in [0.2, 0.25) is 0 Å². The van der Waals surface area contributed by atoms with E-state index in [1.807, 2.05) is 12.4 Å². The van der Waals surface area contributed by atoms with Crippen LogP contribution in [0.5, 0.6) is 0 Å². The highest BCUT2D eigenvalue weighted by Crippen LogP contribution is 2.35. The van der Waals surface area contributed by atoms with E-state index in [0.717, 1.165) is 24.4 Å².